The minimum atomic E-state index is -0.392. The molecular weight excluding hydrogens is 372 g/mol. The van der Waals surface area contributed by atoms with Crippen LogP contribution < -0.4 is 40.7 Å². The van der Waals surface area contributed by atoms with Gasteiger partial charge in [-0.15, -0.1) is 0 Å². The van der Waals surface area contributed by atoms with Crippen molar-refractivity contribution in [3.63, 3.8) is 0 Å². The van der Waals surface area contributed by atoms with Crippen LogP contribution in [0.4, 0.5) is 14.4 Å². The number of nitrogens with one attached hydrogen (secondary N) is 3. The van der Waals surface area contributed by atoms with Crippen LogP contribution >= 0.6 is 26.2 Å². The van der Waals surface area contributed by atoms with Gasteiger partial charge in [-0.25, -0.2) is 0 Å². The molecule has 0 aliphatic heterocycles. The van der Waals surface area contributed by atoms with Gasteiger partial charge in [0.15, 0.2) is 0 Å². The summed E-state index contributed by atoms with van der Waals surface area (Å²) in [7, 11) is -1.06. The first kappa shape index (κ1) is 15.4. The van der Waals surface area contributed by atoms with Gasteiger partial charge in [-0.2, -0.15) is 0 Å². The van der Waals surface area contributed by atoms with Crippen LogP contribution in [0.5, 0.6) is 0 Å². The van der Waals surface area contributed by atoms with Gasteiger partial charge in [0.05, 0.1) is 0 Å². The fourth-order valence-corrected chi connectivity index (χ4v) is 3.35. The van der Waals surface area contributed by atoms with Crippen LogP contribution in [-0.2, 0) is 0 Å². The minimum absolute atomic E-state index is 0.185. The van der Waals surface area contributed by atoms with Gasteiger partial charge in [-0.05, 0) is 0 Å². The fourth-order valence-electron chi connectivity index (χ4n) is 0.404. The van der Waals surface area contributed by atoms with Gasteiger partial charge in [0, 0.05) is 0 Å². The van der Waals surface area contributed by atoms with Crippen molar-refractivity contribution < 1.29 is 35.9 Å². The number of alkyl halides is 1. The summed E-state index contributed by atoms with van der Waals surface area (Å²) >= 11 is -0.314. The SMILES string of the molecule is C[I-]NC(=O)PNC(=O)PNC(=O)PN. The van der Waals surface area contributed by atoms with E-state index < -0.39 is 8.73 Å². The Morgan fingerprint density at radius 3 is 2.13 bits per heavy atom. The van der Waals surface area contributed by atoms with Gasteiger partial charge in [0.1, 0.15) is 0 Å². The fraction of sp³-hybridized carbons (Fsp3) is 0.250. The molecule has 0 aromatic rings. The second kappa shape index (κ2) is 9.60. The van der Waals surface area contributed by atoms with Gasteiger partial charge in [-0.3, -0.25) is 0 Å². The summed E-state index contributed by atoms with van der Waals surface area (Å²) < 4.78 is 2.64. The molecule has 0 fully saturated rings. The molecule has 5 N–H and O–H groups in total. The number of hydrogen-bond donors (Lipinski definition) is 4. The van der Waals surface area contributed by atoms with Crippen molar-refractivity contribution in [1.29, 1.82) is 0 Å². The number of amides is 3. The van der Waals surface area contributed by atoms with E-state index >= 15 is 0 Å². The van der Waals surface area contributed by atoms with E-state index in [0.29, 0.717) is 0 Å². The monoisotopic (exact) mass is 383 g/mol. The summed E-state index contributed by atoms with van der Waals surface area (Å²) in [6.07, 6.45) is 0. The molecule has 88 valence electrons. The van der Waals surface area contributed by atoms with Crippen molar-refractivity contribution in [3.05, 3.63) is 0 Å². The van der Waals surface area contributed by atoms with E-state index in [-0.39, 0.29) is 55.9 Å². The zero-order valence-electron chi connectivity index (χ0n) is 7.68. The van der Waals surface area contributed by atoms with E-state index in [4.69, 9.17) is 5.50 Å². The van der Waals surface area contributed by atoms with Gasteiger partial charge in [-0.1, -0.05) is 0 Å². The number of nitrogens with two attached hydrogens (primary N) is 1. The molecule has 0 aliphatic carbocycles. The molecule has 0 bridgehead atoms. The number of rotatable bonds is 6. The average molecular weight is 383 g/mol. The van der Waals surface area contributed by atoms with E-state index in [0.717, 1.165) is 0 Å². The summed E-state index contributed by atoms with van der Waals surface area (Å²) in [5, 5.41) is 4.73. The van der Waals surface area contributed by atoms with Crippen LogP contribution in [0.25, 0.3) is 0 Å². The predicted octanol–water partition coefficient (Wildman–Crippen LogP) is -2.51. The molecule has 3 atom stereocenters. The van der Waals surface area contributed by atoms with Crippen LogP contribution in [0.1, 0.15) is 0 Å². The third-order valence-electron chi connectivity index (χ3n) is 0.891. The summed E-state index contributed by atoms with van der Waals surface area (Å²) in [6, 6.07) is 0. The normalized spacial score (nSPS) is 11.9. The van der Waals surface area contributed by atoms with Crippen molar-refractivity contribution in [3.8, 4) is 0 Å². The van der Waals surface area contributed by atoms with Gasteiger partial charge in [0.2, 0.25) is 0 Å². The molecule has 0 spiro atoms. The van der Waals surface area contributed by atoms with E-state index in [2.05, 4.69) is 13.7 Å². The molecule has 0 aromatic carbocycles. The molecule has 0 rings (SSSR count). The van der Waals surface area contributed by atoms with Gasteiger partial charge >= 0.3 is 103 Å². The van der Waals surface area contributed by atoms with Crippen molar-refractivity contribution in [1.82, 2.24) is 13.7 Å². The van der Waals surface area contributed by atoms with Crippen LogP contribution in [0.2, 0.25) is 0 Å². The van der Waals surface area contributed by atoms with E-state index in [1.54, 1.807) is 0 Å². The molecule has 0 heterocycles. The number of carbonyl (C=O) groups is 3. The first-order valence-electron chi connectivity index (χ1n) is 3.47. The maximum atomic E-state index is 11.1. The summed E-state index contributed by atoms with van der Waals surface area (Å²) in [5.74, 6) is 0. The van der Waals surface area contributed by atoms with Crippen LogP contribution in [-0.4, -0.2) is 21.9 Å². The zero-order valence-corrected chi connectivity index (χ0v) is 12.8. The first-order valence-corrected chi connectivity index (χ1v) is 9.78. The Morgan fingerprint density at radius 2 is 1.60 bits per heavy atom. The van der Waals surface area contributed by atoms with E-state index in [1.807, 2.05) is 4.93 Å². The van der Waals surface area contributed by atoms with Crippen molar-refractivity contribution in [2.24, 2.45) is 5.50 Å². The van der Waals surface area contributed by atoms with Crippen molar-refractivity contribution in [2.45, 2.75) is 0 Å². The van der Waals surface area contributed by atoms with Crippen molar-refractivity contribution in [2.75, 3.05) is 4.93 Å². The molecule has 3 amide bonds. The molecule has 3 unspecified atom stereocenters. The van der Waals surface area contributed by atoms with Crippen LogP contribution in [0.3, 0.4) is 0 Å². The molecule has 7 nitrogen and oxygen atoms in total. The Morgan fingerprint density at radius 1 is 1.07 bits per heavy atom. The Bertz CT molecular complexity index is 253. The Labute approximate surface area is 103 Å². The van der Waals surface area contributed by atoms with Crippen molar-refractivity contribution >= 4 is 43.1 Å². The summed E-state index contributed by atoms with van der Waals surface area (Å²) in [5.41, 5.74) is 4.13. The average Bonchev–Trinajstić information content (AvgIpc) is 2.23. The first-order chi connectivity index (χ1) is 7.10. The summed E-state index contributed by atoms with van der Waals surface area (Å²) in [6.45, 7) is 0. The second-order valence-electron chi connectivity index (χ2n) is 1.92. The molecule has 0 saturated heterocycles. The molecular formula is C4H11IN4O3P3-. The zero-order chi connectivity index (χ0) is 11.7. The van der Waals surface area contributed by atoms with E-state index in [9.17, 15) is 14.4 Å². The topological polar surface area (TPSA) is 113 Å². The Balaban J connectivity index is 3.57. The van der Waals surface area contributed by atoms with Gasteiger partial charge < -0.3 is 0 Å². The standard InChI is InChI=1S/C4H11IN4O3P3/c1-5-7-2(10)14-9-4(12)15-8-3(11)13-6/h13-15H,6H2,1H3,(H,7,10)(H,8,11)(H,9,12)/q-1. The number of halogens is 1. The molecule has 0 radical (unpaired) electrons. The third kappa shape index (κ3) is 9.33. The number of carbonyl (C=O) groups excluding carboxylic acids is 3. The van der Waals surface area contributed by atoms with Gasteiger partial charge in [0.25, 0.3) is 0 Å². The Kier molecular flexibility index (Phi) is 9.85. The number of hydrogen-bond acceptors (Lipinski definition) is 4. The van der Waals surface area contributed by atoms with E-state index in [1.165, 1.54) is 0 Å². The second-order valence-corrected chi connectivity index (χ2v) is 6.18. The quantitative estimate of drug-likeness (QED) is 0.176. The van der Waals surface area contributed by atoms with Crippen LogP contribution in [0.15, 0.2) is 0 Å². The third-order valence-corrected chi connectivity index (χ3v) is 4.72. The molecule has 0 aliphatic rings. The predicted molar refractivity (Wildman–Crippen MR) is 60.7 cm³/mol. The van der Waals surface area contributed by atoms with Crippen LogP contribution in [0, 0.1) is 0 Å². The summed E-state index contributed by atoms with van der Waals surface area (Å²) in [4.78, 5) is 34.6. The molecule has 0 aromatic heterocycles. The molecule has 15 heavy (non-hydrogen) atoms. The Hall–Kier alpha value is 0.390. The molecule has 0 saturated carbocycles. The molecule has 11 heteroatoms. The maximum absolute atomic E-state index is 11.1.